The van der Waals surface area contributed by atoms with E-state index in [1.165, 1.54) is 4.31 Å². The summed E-state index contributed by atoms with van der Waals surface area (Å²) >= 11 is 1.63. The fraction of sp³-hybridized carbons (Fsp3) is 0.619. The van der Waals surface area contributed by atoms with E-state index in [-0.39, 0.29) is 35.7 Å². The molecule has 2 aliphatic rings. The average molecular weight is 470 g/mol. The molecule has 31 heavy (non-hydrogen) atoms. The molecule has 2 amide bonds. The number of benzene rings is 1. The highest BCUT2D eigenvalue weighted by Gasteiger charge is 2.36. The highest BCUT2D eigenvalue weighted by Crippen LogP contribution is 2.29. The van der Waals surface area contributed by atoms with Gasteiger partial charge in [0, 0.05) is 32.1 Å². The Bertz CT molecular complexity index is 864. The van der Waals surface area contributed by atoms with Crippen molar-refractivity contribution < 1.29 is 22.7 Å². The van der Waals surface area contributed by atoms with Crippen molar-refractivity contribution in [2.24, 2.45) is 5.92 Å². The lowest BCUT2D eigenvalue weighted by Crippen LogP contribution is -2.56. The van der Waals surface area contributed by atoms with Crippen molar-refractivity contribution in [1.29, 1.82) is 0 Å². The van der Waals surface area contributed by atoms with Crippen LogP contribution in [0.25, 0.3) is 0 Å². The van der Waals surface area contributed by atoms with Gasteiger partial charge in [0.2, 0.25) is 21.8 Å². The highest BCUT2D eigenvalue weighted by atomic mass is 32.2. The zero-order valence-electron chi connectivity index (χ0n) is 18.1. The first-order valence-corrected chi connectivity index (χ1v) is 13.5. The van der Waals surface area contributed by atoms with E-state index >= 15 is 0 Å². The van der Waals surface area contributed by atoms with Crippen LogP contribution in [0.15, 0.2) is 29.2 Å². The van der Waals surface area contributed by atoms with Gasteiger partial charge < -0.3 is 15.0 Å². The van der Waals surface area contributed by atoms with E-state index in [2.05, 4.69) is 5.32 Å². The van der Waals surface area contributed by atoms with Gasteiger partial charge in [-0.2, -0.15) is 16.1 Å². The quantitative estimate of drug-likeness (QED) is 0.559. The Morgan fingerprint density at radius 1 is 1.16 bits per heavy atom. The Kier molecular flexibility index (Phi) is 8.23. The van der Waals surface area contributed by atoms with Crippen LogP contribution in [0, 0.1) is 5.92 Å². The smallest absolute Gasteiger partial charge is 0.245 e. The molecule has 0 spiro atoms. The van der Waals surface area contributed by atoms with Crippen molar-refractivity contribution in [1.82, 2.24) is 14.5 Å². The van der Waals surface area contributed by atoms with Crippen molar-refractivity contribution in [2.45, 2.75) is 37.1 Å². The second kappa shape index (κ2) is 10.7. The van der Waals surface area contributed by atoms with Gasteiger partial charge in [-0.05, 0) is 62.5 Å². The maximum absolute atomic E-state index is 13.0. The first kappa shape index (κ1) is 23.9. The van der Waals surface area contributed by atoms with Crippen LogP contribution in [0.4, 0.5) is 0 Å². The van der Waals surface area contributed by atoms with Crippen LogP contribution in [0.3, 0.4) is 0 Å². The summed E-state index contributed by atoms with van der Waals surface area (Å²) in [6.45, 7) is 3.46. The summed E-state index contributed by atoms with van der Waals surface area (Å²) in [4.78, 5) is 27.1. The van der Waals surface area contributed by atoms with Crippen molar-refractivity contribution in [2.75, 3.05) is 44.8 Å². The van der Waals surface area contributed by atoms with E-state index in [0.717, 1.165) is 18.6 Å². The summed E-state index contributed by atoms with van der Waals surface area (Å²) in [6.07, 6.45) is 4.31. The number of ether oxygens (including phenoxy) is 1. The second-order valence-electron chi connectivity index (χ2n) is 7.75. The summed E-state index contributed by atoms with van der Waals surface area (Å²) in [7, 11) is -3.63. The SMILES string of the molecule is CCOc1ccc(S(=O)(=O)N2CCN(C(=O)[C@@H](CCSC)NC(=O)C3CC3)CC2)cc1. The highest BCUT2D eigenvalue weighted by molar-refractivity contribution is 7.98. The number of thioether (sulfide) groups is 1. The van der Waals surface area contributed by atoms with Crippen LogP contribution in [0.5, 0.6) is 5.75 Å². The number of carbonyl (C=O) groups excluding carboxylic acids is 2. The fourth-order valence-corrected chi connectivity index (χ4v) is 5.41. The lowest BCUT2D eigenvalue weighted by atomic mass is 10.1. The van der Waals surface area contributed by atoms with Crippen LogP contribution < -0.4 is 10.1 Å². The zero-order valence-corrected chi connectivity index (χ0v) is 19.7. The third-order valence-corrected chi connectivity index (χ3v) is 8.05. The first-order chi connectivity index (χ1) is 14.9. The summed E-state index contributed by atoms with van der Waals surface area (Å²) < 4.78 is 32.7. The van der Waals surface area contributed by atoms with Gasteiger partial charge in [-0.3, -0.25) is 9.59 Å². The molecule has 10 heteroatoms. The molecule has 1 aromatic rings. The van der Waals surface area contributed by atoms with Crippen LogP contribution in [0.1, 0.15) is 26.2 Å². The molecular formula is C21H31N3O5S2. The molecule has 1 aliphatic carbocycles. The van der Waals surface area contributed by atoms with E-state index in [4.69, 9.17) is 4.74 Å². The molecule has 1 heterocycles. The monoisotopic (exact) mass is 469 g/mol. The first-order valence-electron chi connectivity index (χ1n) is 10.7. The van der Waals surface area contributed by atoms with Crippen LogP contribution in [0.2, 0.25) is 0 Å². The number of amides is 2. The number of piperazine rings is 1. The van der Waals surface area contributed by atoms with Crippen LogP contribution in [-0.2, 0) is 19.6 Å². The molecule has 172 valence electrons. The zero-order chi connectivity index (χ0) is 22.4. The largest absolute Gasteiger partial charge is 0.494 e. The summed E-state index contributed by atoms with van der Waals surface area (Å²) in [5, 5.41) is 2.91. The van der Waals surface area contributed by atoms with Crippen molar-refractivity contribution >= 4 is 33.6 Å². The van der Waals surface area contributed by atoms with Gasteiger partial charge in [0.1, 0.15) is 11.8 Å². The predicted molar refractivity (Wildman–Crippen MR) is 121 cm³/mol. The van der Waals surface area contributed by atoms with E-state index in [1.54, 1.807) is 40.9 Å². The predicted octanol–water partition coefficient (Wildman–Crippen LogP) is 1.57. The summed E-state index contributed by atoms with van der Waals surface area (Å²) in [5.41, 5.74) is 0. The Hall–Kier alpha value is -1.78. The van der Waals surface area contributed by atoms with E-state index in [0.29, 0.717) is 31.9 Å². The number of rotatable bonds is 10. The molecule has 1 aromatic carbocycles. The number of sulfonamides is 1. The van der Waals surface area contributed by atoms with Crippen LogP contribution in [-0.4, -0.2) is 80.3 Å². The molecule has 0 aromatic heterocycles. The number of hydrogen-bond acceptors (Lipinski definition) is 6. The normalized spacial score (nSPS) is 18.5. The Labute approximate surface area is 188 Å². The van der Waals surface area contributed by atoms with Gasteiger partial charge in [-0.1, -0.05) is 0 Å². The molecule has 1 aliphatic heterocycles. The molecule has 0 radical (unpaired) electrons. The minimum atomic E-state index is -3.63. The lowest BCUT2D eigenvalue weighted by molar-refractivity contribution is -0.137. The average Bonchev–Trinajstić information content (AvgIpc) is 3.62. The van der Waals surface area contributed by atoms with E-state index in [9.17, 15) is 18.0 Å². The molecule has 2 fully saturated rings. The molecule has 1 saturated carbocycles. The minimum Gasteiger partial charge on any atom is -0.494 e. The maximum Gasteiger partial charge on any atom is 0.245 e. The van der Waals surface area contributed by atoms with Gasteiger partial charge in [-0.15, -0.1) is 0 Å². The Balaban J connectivity index is 1.59. The third-order valence-electron chi connectivity index (χ3n) is 5.50. The molecule has 8 nitrogen and oxygen atoms in total. The number of nitrogens with zero attached hydrogens (tertiary/aromatic N) is 2. The molecular weight excluding hydrogens is 438 g/mol. The van der Waals surface area contributed by atoms with Gasteiger partial charge in [0.05, 0.1) is 11.5 Å². The number of hydrogen-bond donors (Lipinski definition) is 1. The van der Waals surface area contributed by atoms with Crippen LogP contribution >= 0.6 is 11.8 Å². The van der Waals surface area contributed by atoms with Crippen molar-refractivity contribution in [3.05, 3.63) is 24.3 Å². The van der Waals surface area contributed by atoms with Crippen molar-refractivity contribution in [3.63, 3.8) is 0 Å². The molecule has 0 bridgehead atoms. The Morgan fingerprint density at radius 3 is 2.35 bits per heavy atom. The number of carbonyl (C=O) groups is 2. The Morgan fingerprint density at radius 2 is 1.81 bits per heavy atom. The van der Waals surface area contributed by atoms with Gasteiger partial charge >= 0.3 is 0 Å². The summed E-state index contributed by atoms with van der Waals surface area (Å²) in [5.74, 6) is 1.27. The van der Waals surface area contributed by atoms with E-state index < -0.39 is 16.1 Å². The molecule has 1 atom stereocenters. The maximum atomic E-state index is 13.0. The molecule has 0 unspecified atom stereocenters. The van der Waals surface area contributed by atoms with Gasteiger partial charge in [0.25, 0.3) is 0 Å². The van der Waals surface area contributed by atoms with E-state index in [1.807, 2.05) is 13.2 Å². The topological polar surface area (TPSA) is 96.0 Å². The lowest BCUT2D eigenvalue weighted by Gasteiger charge is -2.36. The second-order valence-corrected chi connectivity index (χ2v) is 10.7. The minimum absolute atomic E-state index is 0.0423. The van der Waals surface area contributed by atoms with Crippen molar-refractivity contribution in [3.8, 4) is 5.75 Å². The molecule has 1 saturated heterocycles. The third kappa shape index (κ3) is 6.14. The van der Waals surface area contributed by atoms with Gasteiger partial charge in [0.15, 0.2) is 0 Å². The molecule has 3 rings (SSSR count). The standard InChI is InChI=1S/C21H31N3O5S2/c1-3-29-17-6-8-18(9-7-17)31(27,28)24-13-11-23(12-14-24)21(26)19(10-15-30-2)22-20(25)16-4-5-16/h6-9,16,19H,3-5,10-15H2,1-2H3,(H,22,25)/t19-/m1/s1. The molecule has 1 N–H and O–H groups in total. The van der Waals surface area contributed by atoms with Gasteiger partial charge in [-0.25, -0.2) is 8.42 Å². The number of nitrogens with one attached hydrogen (secondary N) is 1. The fourth-order valence-electron chi connectivity index (χ4n) is 3.52. The summed E-state index contributed by atoms with van der Waals surface area (Å²) in [6, 6.07) is 5.84.